The molecule has 3 aromatic rings. The molecule has 2 aromatic heterocycles. The van der Waals surface area contributed by atoms with E-state index in [9.17, 15) is 5.11 Å². The van der Waals surface area contributed by atoms with E-state index in [1.807, 2.05) is 42.0 Å². The van der Waals surface area contributed by atoms with Gasteiger partial charge in [0, 0.05) is 24.3 Å². The second-order valence-corrected chi connectivity index (χ2v) is 5.14. The summed E-state index contributed by atoms with van der Waals surface area (Å²) in [5.41, 5.74) is 0.742. The van der Waals surface area contributed by atoms with E-state index >= 15 is 0 Å². The summed E-state index contributed by atoms with van der Waals surface area (Å²) in [6, 6.07) is 7.64. The fraction of sp³-hybridized carbons (Fsp3) is 0.214. The highest BCUT2D eigenvalue weighted by Crippen LogP contribution is 2.31. The Morgan fingerprint density at radius 1 is 1.47 bits per heavy atom. The third-order valence-electron chi connectivity index (χ3n) is 3.12. The summed E-state index contributed by atoms with van der Waals surface area (Å²) in [6.07, 6.45) is 2.67. The van der Waals surface area contributed by atoms with Crippen molar-refractivity contribution >= 4 is 26.9 Å². The van der Waals surface area contributed by atoms with Crippen molar-refractivity contribution in [2.45, 2.75) is 19.6 Å². The molecule has 1 atom stereocenters. The van der Waals surface area contributed by atoms with Gasteiger partial charge in [-0.1, -0.05) is 12.1 Å². The fourth-order valence-corrected chi connectivity index (χ4v) is 2.61. The highest BCUT2D eigenvalue weighted by Gasteiger charge is 2.20. The maximum absolute atomic E-state index is 10.4. The minimum atomic E-state index is -0.853. The first-order valence-electron chi connectivity index (χ1n) is 6.07. The SMILES string of the molecule is CCn1ccnc1C(O)c1cc2cccc(Br)c2o1. The molecule has 98 valence electrons. The molecule has 0 bridgehead atoms. The number of furan rings is 1. The van der Waals surface area contributed by atoms with Crippen molar-refractivity contribution in [3.05, 3.63) is 52.7 Å². The number of hydrogen-bond acceptors (Lipinski definition) is 3. The van der Waals surface area contributed by atoms with Crippen LogP contribution in [0.15, 0.2) is 45.5 Å². The lowest BCUT2D eigenvalue weighted by molar-refractivity contribution is 0.178. The topological polar surface area (TPSA) is 51.2 Å². The fourth-order valence-electron chi connectivity index (χ4n) is 2.15. The standard InChI is InChI=1S/C14H13BrN2O2/c1-2-17-7-6-16-14(17)12(18)11-8-9-4-3-5-10(15)13(9)19-11/h3-8,12,18H,2H2,1H3. The van der Waals surface area contributed by atoms with Crippen molar-refractivity contribution in [3.8, 4) is 0 Å². The van der Waals surface area contributed by atoms with Gasteiger partial charge < -0.3 is 14.1 Å². The normalized spacial score (nSPS) is 13.0. The summed E-state index contributed by atoms with van der Waals surface area (Å²) in [7, 11) is 0. The lowest BCUT2D eigenvalue weighted by atomic mass is 10.2. The number of imidazole rings is 1. The molecule has 2 heterocycles. The zero-order chi connectivity index (χ0) is 13.4. The average Bonchev–Trinajstić information content (AvgIpc) is 3.04. The highest BCUT2D eigenvalue weighted by molar-refractivity contribution is 9.10. The van der Waals surface area contributed by atoms with Gasteiger partial charge in [0.05, 0.1) is 4.47 Å². The van der Waals surface area contributed by atoms with E-state index in [0.717, 1.165) is 22.0 Å². The van der Waals surface area contributed by atoms with E-state index in [2.05, 4.69) is 20.9 Å². The monoisotopic (exact) mass is 320 g/mol. The lowest BCUT2D eigenvalue weighted by Crippen LogP contribution is -2.07. The van der Waals surface area contributed by atoms with Crippen LogP contribution in [0.1, 0.15) is 24.6 Å². The molecule has 0 radical (unpaired) electrons. The molecule has 4 nitrogen and oxygen atoms in total. The van der Waals surface area contributed by atoms with Gasteiger partial charge in [-0.15, -0.1) is 0 Å². The number of aromatic nitrogens is 2. The zero-order valence-corrected chi connectivity index (χ0v) is 12.0. The van der Waals surface area contributed by atoms with Crippen molar-refractivity contribution in [2.24, 2.45) is 0 Å². The van der Waals surface area contributed by atoms with Crippen LogP contribution in [0.4, 0.5) is 0 Å². The van der Waals surface area contributed by atoms with Crippen LogP contribution in [0.3, 0.4) is 0 Å². The van der Waals surface area contributed by atoms with E-state index in [4.69, 9.17) is 4.42 Å². The van der Waals surface area contributed by atoms with E-state index in [0.29, 0.717) is 11.6 Å². The number of halogens is 1. The van der Waals surface area contributed by atoms with Crippen LogP contribution in [-0.4, -0.2) is 14.7 Å². The second kappa shape index (κ2) is 4.83. The Kier molecular flexibility index (Phi) is 3.16. The van der Waals surface area contributed by atoms with Crippen LogP contribution >= 0.6 is 15.9 Å². The summed E-state index contributed by atoms with van der Waals surface area (Å²) in [5.74, 6) is 1.10. The average molecular weight is 321 g/mol. The van der Waals surface area contributed by atoms with E-state index in [1.165, 1.54) is 0 Å². The molecule has 3 rings (SSSR count). The summed E-state index contributed by atoms with van der Waals surface area (Å²) < 4.78 is 8.51. The molecule has 0 fully saturated rings. The van der Waals surface area contributed by atoms with E-state index in [1.54, 1.807) is 6.20 Å². The largest absolute Gasteiger partial charge is 0.457 e. The third kappa shape index (κ3) is 2.09. The smallest absolute Gasteiger partial charge is 0.169 e. The molecule has 0 spiro atoms. The minimum absolute atomic E-state index is 0.503. The molecule has 1 aromatic carbocycles. The van der Waals surface area contributed by atoms with Gasteiger partial charge in [0.25, 0.3) is 0 Å². The zero-order valence-electron chi connectivity index (χ0n) is 10.4. The molecule has 5 heteroatoms. The number of benzene rings is 1. The number of rotatable bonds is 3. The van der Waals surface area contributed by atoms with Gasteiger partial charge in [0.1, 0.15) is 17.2 Å². The molecule has 0 aliphatic carbocycles. The summed E-state index contributed by atoms with van der Waals surface area (Å²) >= 11 is 3.44. The quantitative estimate of drug-likeness (QED) is 0.803. The van der Waals surface area contributed by atoms with Crippen LogP contribution in [0.25, 0.3) is 11.0 Å². The molecule has 0 amide bonds. The minimum Gasteiger partial charge on any atom is -0.457 e. The summed E-state index contributed by atoms with van der Waals surface area (Å²) in [5, 5.41) is 11.3. The van der Waals surface area contributed by atoms with Crippen molar-refractivity contribution in [3.63, 3.8) is 0 Å². The molecular formula is C14H13BrN2O2. The van der Waals surface area contributed by atoms with Crippen molar-refractivity contribution in [1.82, 2.24) is 9.55 Å². The molecule has 0 aliphatic heterocycles. The van der Waals surface area contributed by atoms with E-state index < -0.39 is 6.10 Å². The van der Waals surface area contributed by atoms with Crippen LogP contribution in [0.2, 0.25) is 0 Å². The predicted molar refractivity (Wildman–Crippen MR) is 75.9 cm³/mol. The Labute approximate surface area is 118 Å². The lowest BCUT2D eigenvalue weighted by Gasteiger charge is -2.09. The van der Waals surface area contributed by atoms with Crippen molar-refractivity contribution in [1.29, 1.82) is 0 Å². The Morgan fingerprint density at radius 3 is 3.05 bits per heavy atom. The number of hydrogen-bond donors (Lipinski definition) is 1. The number of fused-ring (bicyclic) bond motifs is 1. The highest BCUT2D eigenvalue weighted by atomic mass is 79.9. The number of aliphatic hydroxyl groups is 1. The summed E-state index contributed by atoms with van der Waals surface area (Å²) in [6.45, 7) is 2.77. The first-order valence-corrected chi connectivity index (χ1v) is 6.87. The molecule has 19 heavy (non-hydrogen) atoms. The molecule has 1 N–H and O–H groups in total. The number of nitrogens with zero attached hydrogens (tertiary/aromatic N) is 2. The molecular weight excluding hydrogens is 308 g/mol. The van der Waals surface area contributed by atoms with Crippen molar-refractivity contribution < 1.29 is 9.52 Å². The van der Waals surface area contributed by atoms with Gasteiger partial charge in [-0.3, -0.25) is 0 Å². The number of para-hydroxylation sites is 1. The Hall–Kier alpha value is -1.59. The molecule has 1 unspecified atom stereocenters. The number of aryl methyl sites for hydroxylation is 1. The Balaban J connectivity index is 2.07. The predicted octanol–water partition coefficient (Wildman–Crippen LogP) is 3.49. The third-order valence-corrected chi connectivity index (χ3v) is 3.74. The van der Waals surface area contributed by atoms with Crippen LogP contribution in [-0.2, 0) is 6.54 Å². The van der Waals surface area contributed by atoms with Gasteiger partial charge in [0.2, 0.25) is 0 Å². The van der Waals surface area contributed by atoms with Gasteiger partial charge >= 0.3 is 0 Å². The van der Waals surface area contributed by atoms with Crippen LogP contribution in [0.5, 0.6) is 0 Å². The van der Waals surface area contributed by atoms with Gasteiger partial charge in [-0.25, -0.2) is 4.98 Å². The number of aliphatic hydroxyl groups excluding tert-OH is 1. The summed E-state index contributed by atoms with van der Waals surface area (Å²) in [4.78, 5) is 4.20. The maximum atomic E-state index is 10.4. The van der Waals surface area contributed by atoms with Crippen LogP contribution in [0, 0.1) is 0 Å². The molecule has 0 saturated heterocycles. The first-order chi connectivity index (χ1) is 9.20. The first kappa shape index (κ1) is 12.4. The van der Waals surface area contributed by atoms with Gasteiger partial charge in [0.15, 0.2) is 6.10 Å². The molecule has 0 saturated carbocycles. The maximum Gasteiger partial charge on any atom is 0.169 e. The second-order valence-electron chi connectivity index (χ2n) is 4.28. The Bertz CT molecular complexity index is 717. The van der Waals surface area contributed by atoms with Gasteiger partial charge in [-0.2, -0.15) is 0 Å². The molecule has 0 aliphatic rings. The van der Waals surface area contributed by atoms with E-state index in [-0.39, 0.29) is 0 Å². The Morgan fingerprint density at radius 2 is 2.32 bits per heavy atom. The van der Waals surface area contributed by atoms with Crippen molar-refractivity contribution in [2.75, 3.05) is 0 Å². The van der Waals surface area contributed by atoms with Crippen LogP contribution < -0.4 is 0 Å². The van der Waals surface area contributed by atoms with Gasteiger partial charge in [-0.05, 0) is 35.0 Å².